The van der Waals surface area contributed by atoms with Crippen molar-refractivity contribution in [3.63, 3.8) is 0 Å². The third-order valence-corrected chi connectivity index (χ3v) is 9.34. The van der Waals surface area contributed by atoms with Crippen molar-refractivity contribution in [3.8, 4) is 0 Å². The van der Waals surface area contributed by atoms with Gasteiger partial charge in [0.25, 0.3) is 0 Å². The molecule has 0 amide bonds. The fourth-order valence-corrected chi connectivity index (χ4v) is 7.36. The second-order valence-electron chi connectivity index (χ2n) is 10.9. The van der Waals surface area contributed by atoms with Crippen LogP contribution >= 0.6 is 11.3 Å². The van der Waals surface area contributed by atoms with Gasteiger partial charge in [-0.25, -0.2) is 0 Å². The SMILES string of the molecule is O=C1CC2(CCC2)CC2=C1C(c1ccsc1)C(C(=O)c1ccc(C(F)(F)F)cc1)=C(C1CCCC1)N2. The minimum atomic E-state index is -4.47. The van der Waals surface area contributed by atoms with Crippen molar-refractivity contribution in [3.05, 3.63) is 80.3 Å². The number of nitrogens with one attached hydrogen (secondary N) is 1. The Morgan fingerprint density at radius 2 is 1.72 bits per heavy atom. The number of thiophene rings is 1. The maximum Gasteiger partial charge on any atom is 0.416 e. The van der Waals surface area contributed by atoms with Gasteiger partial charge < -0.3 is 5.32 Å². The molecule has 1 aromatic carbocycles. The molecule has 0 bridgehead atoms. The van der Waals surface area contributed by atoms with Crippen LogP contribution in [0.25, 0.3) is 0 Å². The lowest BCUT2D eigenvalue weighted by atomic mass is 9.58. The van der Waals surface area contributed by atoms with Crippen LogP contribution in [0.5, 0.6) is 0 Å². The predicted molar refractivity (Wildman–Crippen MR) is 133 cm³/mol. The summed E-state index contributed by atoms with van der Waals surface area (Å²) in [5.74, 6) is -0.494. The number of benzene rings is 1. The van der Waals surface area contributed by atoms with Crippen LogP contribution in [0.2, 0.25) is 0 Å². The van der Waals surface area contributed by atoms with Crippen molar-refractivity contribution < 1.29 is 22.8 Å². The average Bonchev–Trinajstić information content (AvgIpc) is 3.55. The van der Waals surface area contributed by atoms with Crippen LogP contribution in [-0.4, -0.2) is 11.6 Å². The van der Waals surface area contributed by atoms with E-state index in [0.717, 1.165) is 80.5 Å². The lowest BCUT2D eigenvalue weighted by Gasteiger charge is -2.48. The molecule has 4 aliphatic rings. The number of hydrogen-bond acceptors (Lipinski definition) is 4. The molecule has 6 rings (SSSR count). The van der Waals surface area contributed by atoms with Crippen molar-refractivity contribution in [2.45, 2.75) is 69.9 Å². The topological polar surface area (TPSA) is 46.2 Å². The molecule has 1 N–H and O–H groups in total. The van der Waals surface area contributed by atoms with E-state index in [9.17, 15) is 22.8 Å². The molecule has 1 unspecified atom stereocenters. The van der Waals surface area contributed by atoms with Crippen molar-refractivity contribution in [2.75, 3.05) is 0 Å². The fourth-order valence-electron chi connectivity index (χ4n) is 6.67. The van der Waals surface area contributed by atoms with E-state index in [0.29, 0.717) is 17.6 Å². The van der Waals surface area contributed by atoms with Gasteiger partial charge in [-0.2, -0.15) is 24.5 Å². The Kier molecular flexibility index (Phi) is 5.74. The van der Waals surface area contributed by atoms with Crippen LogP contribution < -0.4 is 5.32 Å². The number of dihydropyridines is 1. The zero-order valence-electron chi connectivity index (χ0n) is 19.9. The fraction of sp³-hybridized carbons (Fsp3) is 0.448. The lowest BCUT2D eigenvalue weighted by Crippen LogP contribution is -2.44. The van der Waals surface area contributed by atoms with E-state index in [4.69, 9.17) is 0 Å². The van der Waals surface area contributed by atoms with E-state index >= 15 is 0 Å². The minimum Gasteiger partial charge on any atom is -0.361 e. The molecule has 1 spiro atoms. The number of Topliss-reactive ketones (excluding diaryl/α,β-unsaturated/α-hetero) is 2. The van der Waals surface area contributed by atoms with Gasteiger partial charge in [-0.05, 0) is 78.0 Å². The number of ketones is 2. The van der Waals surface area contributed by atoms with E-state index in [-0.39, 0.29) is 28.5 Å². The summed E-state index contributed by atoms with van der Waals surface area (Å²) in [4.78, 5) is 27.8. The second-order valence-corrected chi connectivity index (χ2v) is 11.6. The predicted octanol–water partition coefficient (Wildman–Crippen LogP) is 7.57. The molecule has 36 heavy (non-hydrogen) atoms. The Balaban J connectivity index is 1.49. The number of halogens is 3. The summed E-state index contributed by atoms with van der Waals surface area (Å²) < 4.78 is 39.5. The quantitative estimate of drug-likeness (QED) is 0.431. The molecular formula is C29H28F3NO2S. The van der Waals surface area contributed by atoms with Crippen LogP contribution in [-0.2, 0) is 11.0 Å². The van der Waals surface area contributed by atoms with Crippen molar-refractivity contribution >= 4 is 22.9 Å². The Bertz CT molecular complexity index is 1260. The molecule has 1 atom stereocenters. The summed E-state index contributed by atoms with van der Waals surface area (Å²) in [7, 11) is 0. The first kappa shape index (κ1) is 23.7. The summed E-state index contributed by atoms with van der Waals surface area (Å²) in [6.07, 6.45) is 4.21. The molecule has 188 valence electrons. The summed E-state index contributed by atoms with van der Waals surface area (Å²) in [6, 6.07) is 6.44. The number of carbonyl (C=O) groups excluding carboxylic acids is 2. The van der Waals surface area contributed by atoms with Gasteiger partial charge in [-0.3, -0.25) is 9.59 Å². The standard InChI is InChI=1S/C29H28F3NO2S/c30-29(31,32)20-8-6-18(7-9-20)27(35)25-23(19-10-13-36-16-19)24-21(33-26(25)17-4-1-2-5-17)14-28(11-3-12-28)15-22(24)34/h6-10,13,16-17,23,33H,1-5,11-12,14-15H2. The smallest absolute Gasteiger partial charge is 0.361 e. The number of allylic oxidation sites excluding steroid dienone is 4. The Hall–Kier alpha value is -2.67. The molecule has 7 heteroatoms. The number of alkyl halides is 3. The van der Waals surface area contributed by atoms with Crippen molar-refractivity contribution in [1.82, 2.24) is 5.32 Å². The van der Waals surface area contributed by atoms with Crippen LogP contribution in [0.3, 0.4) is 0 Å². The van der Waals surface area contributed by atoms with E-state index in [1.165, 1.54) is 23.5 Å². The normalized spacial score (nSPS) is 24.1. The van der Waals surface area contributed by atoms with Crippen molar-refractivity contribution in [1.29, 1.82) is 0 Å². The highest BCUT2D eigenvalue weighted by atomic mass is 32.1. The van der Waals surface area contributed by atoms with Crippen molar-refractivity contribution in [2.24, 2.45) is 11.3 Å². The largest absolute Gasteiger partial charge is 0.416 e. The van der Waals surface area contributed by atoms with Crippen LogP contribution in [0.15, 0.2) is 63.6 Å². The van der Waals surface area contributed by atoms with Gasteiger partial charge >= 0.3 is 6.18 Å². The first-order valence-corrected chi connectivity index (χ1v) is 13.7. The monoisotopic (exact) mass is 511 g/mol. The Morgan fingerprint density at radius 1 is 1.00 bits per heavy atom. The highest BCUT2D eigenvalue weighted by Gasteiger charge is 2.49. The van der Waals surface area contributed by atoms with Gasteiger partial charge in [0.1, 0.15) is 0 Å². The molecule has 2 fully saturated rings. The maximum absolute atomic E-state index is 14.1. The molecule has 0 radical (unpaired) electrons. The Morgan fingerprint density at radius 3 is 2.31 bits per heavy atom. The van der Waals surface area contributed by atoms with Gasteiger partial charge in [0.15, 0.2) is 11.6 Å². The second kappa shape index (κ2) is 8.72. The molecule has 0 saturated heterocycles. The molecule has 1 aliphatic heterocycles. The number of rotatable bonds is 4. The van der Waals surface area contributed by atoms with Gasteiger partial charge in [-0.1, -0.05) is 31.4 Å². The summed E-state index contributed by atoms with van der Waals surface area (Å²) in [6.45, 7) is 0. The third-order valence-electron chi connectivity index (χ3n) is 8.64. The van der Waals surface area contributed by atoms with E-state index in [1.54, 1.807) is 0 Å². The highest BCUT2D eigenvalue weighted by Crippen LogP contribution is 2.56. The van der Waals surface area contributed by atoms with E-state index in [1.807, 2.05) is 16.8 Å². The molecule has 2 aromatic rings. The van der Waals surface area contributed by atoms with E-state index < -0.39 is 17.7 Å². The number of carbonyl (C=O) groups is 2. The molecular weight excluding hydrogens is 483 g/mol. The molecule has 2 heterocycles. The van der Waals surface area contributed by atoms with Crippen LogP contribution in [0.4, 0.5) is 13.2 Å². The maximum atomic E-state index is 14.1. The van der Waals surface area contributed by atoms with E-state index in [2.05, 4.69) is 5.32 Å². The molecule has 3 nitrogen and oxygen atoms in total. The third kappa shape index (κ3) is 3.96. The minimum absolute atomic E-state index is 0.0395. The van der Waals surface area contributed by atoms with Gasteiger partial charge in [0.05, 0.1) is 5.56 Å². The summed E-state index contributed by atoms with van der Waals surface area (Å²) in [5, 5.41) is 7.57. The van der Waals surface area contributed by atoms with Gasteiger partial charge in [-0.15, -0.1) is 0 Å². The lowest BCUT2D eigenvalue weighted by molar-refractivity contribution is -0.137. The van der Waals surface area contributed by atoms with Crippen LogP contribution in [0.1, 0.15) is 85.2 Å². The van der Waals surface area contributed by atoms with Gasteiger partial charge in [0, 0.05) is 40.4 Å². The Labute approximate surface area is 212 Å². The zero-order valence-corrected chi connectivity index (χ0v) is 20.7. The number of hydrogen-bond donors (Lipinski definition) is 1. The summed E-state index contributed by atoms with van der Waals surface area (Å²) >= 11 is 1.52. The van der Waals surface area contributed by atoms with Gasteiger partial charge in [0.2, 0.25) is 0 Å². The highest BCUT2D eigenvalue weighted by molar-refractivity contribution is 7.08. The zero-order chi connectivity index (χ0) is 25.1. The summed E-state index contributed by atoms with van der Waals surface area (Å²) in [5.41, 5.74) is 3.47. The van der Waals surface area contributed by atoms with Crippen LogP contribution in [0, 0.1) is 11.3 Å². The first-order valence-electron chi connectivity index (χ1n) is 12.8. The average molecular weight is 512 g/mol. The molecule has 3 aliphatic carbocycles. The first-order chi connectivity index (χ1) is 17.3. The molecule has 2 saturated carbocycles. The molecule has 1 aromatic heterocycles.